The first-order valence-electron chi connectivity index (χ1n) is 6.17. The molecule has 3 rings (SSSR count). The van der Waals surface area contributed by atoms with E-state index in [0.29, 0.717) is 5.88 Å². The molecule has 0 unspecified atom stereocenters. The Labute approximate surface area is 140 Å². The van der Waals surface area contributed by atoms with E-state index in [1.165, 1.54) is 3.57 Å². The molecular formula is C14H13ClIN3S. The molecule has 0 radical (unpaired) electrons. The second-order valence-corrected chi connectivity index (χ2v) is 7.43. The first-order valence-corrected chi connectivity index (χ1v) is 8.66. The molecule has 20 heavy (non-hydrogen) atoms. The Morgan fingerprint density at radius 3 is 2.85 bits per heavy atom. The van der Waals surface area contributed by atoms with Gasteiger partial charge in [0.05, 0.1) is 22.5 Å². The fourth-order valence-electron chi connectivity index (χ4n) is 2.44. The Hall–Kier alpha value is -0.660. The molecule has 104 valence electrons. The van der Waals surface area contributed by atoms with Gasteiger partial charge in [0.25, 0.3) is 0 Å². The molecule has 3 aromatic rings. The summed E-state index contributed by atoms with van der Waals surface area (Å²) in [5.74, 6) is 1.27. The van der Waals surface area contributed by atoms with Gasteiger partial charge < -0.3 is 4.57 Å². The molecular weight excluding hydrogens is 405 g/mol. The van der Waals surface area contributed by atoms with Crippen LogP contribution in [0.3, 0.4) is 0 Å². The Bertz CT molecular complexity index is 749. The molecule has 0 fully saturated rings. The number of nitrogens with zero attached hydrogens (tertiary/aromatic N) is 3. The van der Waals surface area contributed by atoms with Crippen LogP contribution in [-0.4, -0.2) is 14.5 Å². The second kappa shape index (κ2) is 5.27. The van der Waals surface area contributed by atoms with Crippen LogP contribution in [0.1, 0.15) is 24.7 Å². The minimum atomic E-state index is -0.264. The average Bonchev–Trinajstić information content (AvgIpc) is 3.05. The number of hydrogen-bond acceptors (Lipinski definition) is 3. The largest absolute Gasteiger partial charge is 0.315 e. The summed E-state index contributed by atoms with van der Waals surface area (Å²) < 4.78 is 3.37. The zero-order valence-electron chi connectivity index (χ0n) is 11.1. The van der Waals surface area contributed by atoms with Crippen molar-refractivity contribution in [3.63, 3.8) is 0 Å². The van der Waals surface area contributed by atoms with Crippen molar-refractivity contribution < 1.29 is 0 Å². The Kier molecular flexibility index (Phi) is 3.77. The molecule has 6 heteroatoms. The lowest BCUT2D eigenvalue weighted by Crippen LogP contribution is -2.29. The third kappa shape index (κ3) is 2.25. The number of halogens is 2. The van der Waals surface area contributed by atoms with Gasteiger partial charge in [0.2, 0.25) is 0 Å². The van der Waals surface area contributed by atoms with Gasteiger partial charge in [-0.1, -0.05) is 0 Å². The van der Waals surface area contributed by atoms with E-state index >= 15 is 0 Å². The molecule has 0 amide bonds. The van der Waals surface area contributed by atoms with Crippen molar-refractivity contribution in [2.24, 2.45) is 0 Å². The minimum Gasteiger partial charge on any atom is -0.315 e. The molecule has 0 spiro atoms. The van der Waals surface area contributed by atoms with Crippen molar-refractivity contribution >= 4 is 56.6 Å². The molecule has 0 aliphatic heterocycles. The third-order valence-corrected chi connectivity index (χ3v) is 5.32. The van der Waals surface area contributed by atoms with E-state index < -0.39 is 0 Å². The predicted molar refractivity (Wildman–Crippen MR) is 92.5 cm³/mol. The molecule has 2 aromatic heterocycles. The van der Waals surface area contributed by atoms with E-state index in [2.05, 4.69) is 69.2 Å². The highest BCUT2D eigenvalue weighted by molar-refractivity contribution is 14.1. The molecule has 3 nitrogen and oxygen atoms in total. The fourth-order valence-corrected chi connectivity index (χ4v) is 3.84. The van der Waals surface area contributed by atoms with Crippen molar-refractivity contribution in [1.82, 2.24) is 14.5 Å². The summed E-state index contributed by atoms with van der Waals surface area (Å²) in [5, 5.41) is 3.06. The van der Waals surface area contributed by atoms with Crippen molar-refractivity contribution in [2.75, 3.05) is 0 Å². The quantitative estimate of drug-likeness (QED) is 0.460. The van der Waals surface area contributed by atoms with E-state index in [1.807, 2.05) is 11.6 Å². The maximum Gasteiger partial charge on any atom is 0.125 e. The average molecular weight is 418 g/mol. The van der Waals surface area contributed by atoms with Crippen LogP contribution in [0.15, 0.2) is 29.8 Å². The summed E-state index contributed by atoms with van der Waals surface area (Å²) in [6, 6.07) is 6.28. The highest BCUT2D eigenvalue weighted by Crippen LogP contribution is 2.33. The molecule has 0 aliphatic carbocycles. The number of thiazole rings is 1. The van der Waals surface area contributed by atoms with Crippen LogP contribution >= 0.6 is 45.5 Å². The smallest absolute Gasteiger partial charge is 0.125 e. The zero-order chi connectivity index (χ0) is 14.3. The highest BCUT2D eigenvalue weighted by Gasteiger charge is 2.30. The second-order valence-electron chi connectivity index (χ2n) is 5.03. The molecule has 1 aromatic carbocycles. The Morgan fingerprint density at radius 1 is 1.40 bits per heavy atom. The normalized spacial score (nSPS) is 12.2. The van der Waals surface area contributed by atoms with Crippen LogP contribution in [0.4, 0.5) is 0 Å². The summed E-state index contributed by atoms with van der Waals surface area (Å²) in [7, 11) is 0. The first kappa shape index (κ1) is 14.3. The van der Waals surface area contributed by atoms with Gasteiger partial charge in [-0.15, -0.1) is 22.9 Å². The summed E-state index contributed by atoms with van der Waals surface area (Å²) in [6.45, 7) is 4.31. The number of aromatic nitrogens is 3. The summed E-state index contributed by atoms with van der Waals surface area (Å²) in [5.41, 5.74) is 1.82. The molecule has 0 saturated heterocycles. The van der Waals surface area contributed by atoms with Crippen LogP contribution in [0.5, 0.6) is 0 Å². The van der Waals surface area contributed by atoms with E-state index in [4.69, 9.17) is 11.6 Å². The molecule has 0 bridgehead atoms. The van der Waals surface area contributed by atoms with Gasteiger partial charge >= 0.3 is 0 Å². The van der Waals surface area contributed by atoms with Crippen molar-refractivity contribution in [3.8, 4) is 0 Å². The molecule has 0 atom stereocenters. The maximum atomic E-state index is 6.11. The van der Waals surface area contributed by atoms with Gasteiger partial charge in [0, 0.05) is 15.1 Å². The maximum absolute atomic E-state index is 6.11. The van der Waals surface area contributed by atoms with Crippen molar-refractivity contribution in [3.05, 3.63) is 44.2 Å². The van der Waals surface area contributed by atoms with Crippen LogP contribution in [0, 0.1) is 3.57 Å². The third-order valence-electron chi connectivity index (χ3n) is 3.32. The van der Waals surface area contributed by atoms with E-state index in [9.17, 15) is 0 Å². The van der Waals surface area contributed by atoms with Gasteiger partial charge in [-0.05, 0) is 54.6 Å². The summed E-state index contributed by atoms with van der Waals surface area (Å²) in [6.07, 6.45) is 1.84. The standard InChI is InChI=1S/C14H13ClIN3S/c1-14(2,13-17-5-6-20-13)19-11-4-3-9(16)7-10(11)18-12(19)8-15/h3-7H,8H2,1-2H3. The molecule has 0 N–H and O–H groups in total. The lowest BCUT2D eigenvalue weighted by Gasteiger charge is -2.27. The summed E-state index contributed by atoms with van der Waals surface area (Å²) in [4.78, 5) is 9.14. The predicted octanol–water partition coefficient (Wildman–Crippen LogP) is 4.62. The van der Waals surface area contributed by atoms with Gasteiger partial charge in [0.1, 0.15) is 10.8 Å². The van der Waals surface area contributed by atoms with E-state index in [0.717, 1.165) is 21.9 Å². The SMILES string of the molecule is CC(C)(c1nccs1)n1c(CCl)nc2cc(I)ccc21. The van der Waals surface area contributed by atoms with Crippen molar-refractivity contribution in [1.29, 1.82) is 0 Å². The first-order chi connectivity index (χ1) is 9.54. The minimum absolute atomic E-state index is 0.264. The van der Waals surface area contributed by atoms with Gasteiger partial charge in [-0.25, -0.2) is 9.97 Å². The fraction of sp³-hybridized carbons (Fsp3) is 0.286. The number of benzene rings is 1. The van der Waals surface area contributed by atoms with Crippen LogP contribution in [0.2, 0.25) is 0 Å². The topological polar surface area (TPSA) is 30.7 Å². The number of alkyl halides is 1. The molecule has 0 aliphatic rings. The number of fused-ring (bicyclic) bond motifs is 1. The van der Waals surface area contributed by atoms with E-state index in [-0.39, 0.29) is 5.54 Å². The zero-order valence-corrected chi connectivity index (χ0v) is 14.8. The monoisotopic (exact) mass is 417 g/mol. The lowest BCUT2D eigenvalue weighted by atomic mass is 10.1. The number of imidazole rings is 1. The van der Waals surface area contributed by atoms with Gasteiger partial charge in [0.15, 0.2) is 0 Å². The Morgan fingerprint density at radius 2 is 2.20 bits per heavy atom. The van der Waals surface area contributed by atoms with Crippen LogP contribution < -0.4 is 0 Å². The van der Waals surface area contributed by atoms with Gasteiger partial charge in [-0.2, -0.15) is 0 Å². The van der Waals surface area contributed by atoms with Crippen molar-refractivity contribution in [2.45, 2.75) is 25.3 Å². The number of hydrogen-bond donors (Lipinski definition) is 0. The highest BCUT2D eigenvalue weighted by atomic mass is 127. The van der Waals surface area contributed by atoms with Crippen LogP contribution in [-0.2, 0) is 11.4 Å². The number of rotatable bonds is 3. The van der Waals surface area contributed by atoms with Crippen LogP contribution in [0.25, 0.3) is 11.0 Å². The Balaban J connectivity index is 2.29. The lowest BCUT2D eigenvalue weighted by molar-refractivity contribution is 0.435. The van der Waals surface area contributed by atoms with E-state index in [1.54, 1.807) is 11.3 Å². The van der Waals surface area contributed by atoms with Gasteiger partial charge in [-0.3, -0.25) is 0 Å². The molecule has 2 heterocycles. The summed E-state index contributed by atoms with van der Waals surface area (Å²) >= 11 is 10.1. The molecule has 0 saturated carbocycles.